The van der Waals surface area contributed by atoms with Gasteiger partial charge in [-0.3, -0.25) is 19.0 Å². The fourth-order valence-electron chi connectivity index (χ4n) is 5.66. The van der Waals surface area contributed by atoms with Crippen molar-refractivity contribution in [3.63, 3.8) is 0 Å². The summed E-state index contributed by atoms with van der Waals surface area (Å²) in [5.74, 6) is 0. The largest absolute Gasteiger partial charge is 0.377 e. The molecule has 1 aromatic carbocycles. The van der Waals surface area contributed by atoms with Gasteiger partial charge in [0.05, 0.1) is 29.8 Å². The average molecular weight is 480 g/mol. The Labute approximate surface area is 208 Å². The molecule has 0 amide bonds. The summed E-state index contributed by atoms with van der Waals surface area (Å²) >= 11 is 0. The second kappa shape index (κ2) is 7.78. The number of pyridine rings is 2. The monoisotopic (exact) mass is 479 g/mol. The van der Waals surface area contributed by atoms with Gasteiger partial charge in [-0.05, 0) is 69.4 Å². The molecule has 4 aromatic heterocycles. The number of aryl methyl sites for hydroxylation is 4. The van der Waals surface area contributed by atoms with Crippen molar-refractivity contribution in [3.8, 4) is 11.3 Å². The van der Waals surface area contributed by atoms with Crippen LogP contribution >= 0.6 is 0 Å². The predicted octanol–water partition coefficient (Wildman–Crippen LogP) is 5.14. The topological polar surface area (TPSA) is 82.6 Å². The van der Waals surface area contributed by atoms with Crippen molar-refractivity contribution in [1.82, 2.24) is 29.1 Å². The zero-order valence-electron chi connectivity index (χ0n) is 20.8. The summed E-state index contributed by atoms with van der Waals surface area (Å²) in [6, 6.07) is 8.81. The second-order valence-corrected chi connectivity index (χ2v) is 10.3. The molecule has 5 aromatic rings. The maximum atomic E-state index is 13.6. The van der Waals surface area contributed by atoms with Gasteiger partial charge in [-0.25, -0.2) is 4.68 Å². The zero-order valence-corrected chi connectivity index (χ0v) is 20.8. The molecule has 1 fully saturated rings. The van der Waals surface area contributed by atoms with E-state index >= 15 is 0 Å². The van der Waals surface area contributed by atoms with Crippen LogP contribution in [0, 0.1) is 13.8 Å². The number of fused-ring (bicyclic) bond motifs is 2. The molecule has 1 aliphatic heterocycles. The molecule has 2 aliphatic rings. The highest BCUT2D eigenvalue weighted by molar-refractivity contribution is 6.07. The normalized spacial score (nSPS) is 16.1. The van der Waals surface area contributed by atoms with Crippen LogP contribution in [0.25, 0.3) is 33.1 Å². The Bertz CT molecular complexity index is 1720. The maximum Gasteiger partial charge on any atom is 0.260 e. The molecule has 8 nitrogen and oxygen atoms in total. The first-order chi connectivity index (χ1) is 17.5. The lowest BCUT2D eigenvalue weighted by Crippen LogP contribution is -2.27. The van der Waals surface area contributed by atoms with Crippen LogP contribution in [0.5, 0.6) is 0 Å². The van der Waals surface area contributed by atoms with Crippen LogP contribution in [-0.4, -0.2) is 29.1 Å². The first-order valence-corrected chi connectivity index (χ1v) is 12.8. The summed E-state index contributed by atoms with van der Waals surface area (Å²) < 4.78 is 5.93. The van der Waals surface area contributed by atoms with Gasteiger partial charge >= 0.3 is 0 Å². The first kappa shape index (κ1) is 21.4. The molecule has 1 unspecified atom stereocenters. The summed E-state index contributed by atoms with van der Waals surface area (Å²) in [4.78, 5) is 18.4. The molecular weight excluding hydrogens is 450 g/mol. The number of hydrogen-bond donors (Lipinski definition) is 1. The Morgan fingerprint density at radius 1 is 1.06 bits per heavy atom. The van der Waals surface area contributed by atoms with Crippen molar-refractivity contribution in [1.29, 1.82) is 0 Å². The van der Waals surface area contributed by atoms with E-state index in [1.54, 1.807) is 0 Å². The Morgan fingerprint density at radius 3 is 2.75 bits per heavy atom. The lowest BCUT2D eigenvalue weighted by atomic mass is 9.95. The third-order valence-electron chi connectivity index (χ3n) is 7.55. The third-order valence-corrected chi connectivity index (χ3v) is 7.55. The van der Waals surface area contributed by atoms with Gasteiger partial charge in [0, 0.05) is 52.7 Å². The molecule has 5 heterocycles. The Hall–Kier alpha value is -3.94. The highest BCUT2D eigenvalue weighted by Crippen LogP contribution is 2.37. The van der Waals surface area contributed by atoms with E-state index in [1.807, 2.05) is 40.7 Å². The van der Waals surface area contributed by atoms with Crippen LogP contribution in [0.1, 0.15) is 55.1 Å². The second-order valence-electron chi connectivity index (χ2n) is 10.3. The molecule has 1 saturated carbocycles. The van der Waals surface area contributed by atoms with Crippen molar-refractivity contribution in [3.05, 3.63) is 70.0 Å². The van der Waals surface area contributed by atoms with Crippen molar-refractivity contribution in [2.75, 3.05) is 5.32 Å². The number of anilines is 1. The van der Waals surface area contributed by atoms with Gasteiger partial charge in [-0.15, -0.1) is 0 Å². The summed E-state index contributed by atoms with van der Waals surface area (Å²) in [5.41, 5.74) is 7.02. The van der Waals surface area contributed by atoms with Crippen LogP contribution in [-0.2, 0) is 13.1 Å². The van der Waals surface area contributed by atoms with Crippen LogP contribution < -0.4 is 10.9 Å². The van der Waals surface area contributed by atoms with E-state index in [-0.39, 0.29) is 11.6 Å². The molecule has 0 spiro atoms. The van der Waals surface area contributed by atoms with Gasteiger partial charge in [0.1, 0.15) is 5.65 Å². The molecule has 1 aliphatic carbocycles. The zero-order chi connectivity index (χ0) is 24.6. The van der Waals surface area contributed by atoms with Crippen molar-refractivity contribution >= 4 is 27.5 Å². The Balaban J connectivity index is 1.36. The van der Waals surface area contributed by atoms with Gasteiger partial charge in [0.15, 0.2) is 0 Å². The van der Waals surface area contributed by atoms with Crippen molar-refractivity contribution in [2.24, 2.45) is 0 Å². The van der Waals surface area contributed by atoms with Crippen molar-refractivity contribution in [2.45, 2.75) is 65.2 Å². The summed E-state index contributed by atoms with van der Waals surface area (Å²) in [6.45, 7) is 7.81. The molecular formula is C28H29N7O. The highest BCUT2D eigenvalue weighted by atomic mass is 16.1. The third kappa shape index (κ3) is 3.27. The van der Waals surface area contributed by atoms with E-state index in [4.69, 9.17) is 4.98 Å². The molecule has 36 heavy (non-hydrogen) atoms. The highest BCUT2D eigenvalue weighted by Gasteiger charge is 2.26. The standard InChI is InChI=1S/C28H29N7O/c1-16-11-21(25-22(12-16)28(36)33-9-4-10-34-27(33)23(25)14-30-34)18(3)32-24-8-5-17(2)31-26(24)19-13-29-35(15-19)20-6-7-20/h5,8,11-15,18,20,32H,4,6-7,9-10H2,1-3H3. The molecule has 8 heteroatoms. The van der Waals surface area contributed by atoms with Gasteiger partial charge < -0.3 is 5.32 Å². The maximum absolute atomic E-state index is 13.6. The van der Waals surface area contributed by atoms with E-state index in [0.29, 0.717) is 6.04 Å². The van der Waals surface area contributed by atoms with Crippen LogP contribution in [0.3, 0.4) is 0 Å². The van der Waals surface area contributed by atoms with E-state index < -0.39 is 0 Å². The minimum absolute atomic E-state index is 0.0566. The Morgan fingerprint density at radius 2 is 1.92 bits per heavy atom. The van der Waals surface area contributed by atoms with E-state index in [0.717, 1.165) is 75.1 Å². The SMILES string of the molecule is Cc1cc(C(C)Nc2ccc(C)nc2-c2cnn(C3CC3)c2)c2c(c1)c(=O)n1c3c2cnn3CCC1. The van der Waals surface area contributed by atoms with Crippen LogP contribution in [0.4, 0.5) is 5.69 Å². The van der Waals surface area contributed by atoms with E-state index in [1.165, 1.54) is 12.8 Å². The lowest BCUT2D eigenvalue weighted by molar-refractivity contribution is 0.485. The fourth-order valence-corrected chi connectivity index (χ4v) is 5.66. The van der Waals surface area contributed by atoms with Gasteiger partial charge in [0.25, 0.3) is 5.56 Å². The number of rotatable bonds is 5. The lowest BCUT2D eigenvalue weighted by Gasteiger charge is -2.22. The number of aromatic nitrogens is 6. The molecule has 0 saturated heterocycles. The molecule has 7 rings (SSSR count). The molecule has 0 bridgehead atoms. The van der Waals surface area contributed by atoms with E-state index in [9.17, 15) is 4.79 Å². The van der Waals surface area contributed by atoms with Crippen molar-refractivity contribution < 1.29 is 0 Å². The first-order valence-electron chi connectivity index (χ1n) is 12.8. The fraction of sp³-hybridized carbons (Fsp3) is 0.357. The van der Waals surface area contributed by atoms with Crippen LogP contribution in [0.15, 0.2) is 47.7 Å². The predicted molar refractivity (Wildman–Crippen MR) is 141 cm³/mol. The van der Waals surface area contributed by atoms with Crippen LogP contribution in [0.2, 0.25) is 0 Å². The number of nitrogens with one attached hydrogen (secondary N) is 1. The van der Waals surface area contributed by atoms with Gasteiger partial charge in [-0.2, -0.15) is 10.2 Å². The van der Waals surface area contributed by atoms with Gasteiger partial charge in [-0.1, -0.05) is 6.07 Å². The number of nitrogens with zero attached hydrogens (tertiary/aromatic N) is 6. The smallest absolute Gasteiger partial charge is 0.260 e. The quantitative estimate of drug-likeness (QED) is 0.378. The molecule has 1 N–H and O–H groups in total. The Kier molecular flexibility index (Phi) is 4.61. The molecule has 0 radical (unpaired) electrons. The number of benzene rings is 1. The minimum Gasteiger partial charge on any atom is -0.377 e. The summed E-state index contributed by atoms with van der Waals surface area (Å²) in [7, 11) is 0. The van der Waals surface area contributed by atoms with E-state index in [2.05, 4.69) is 52.4 Å². The molecule has 1 atom stereocenters. The molecule has 182 valence electrons. The summed E-state index contributed by atoms with van der Waals surface area (Å²) in [6.07, 6.45) is 9.25. The van der Waals surface area contributed by atoms with Gasteiger partial charge in [0.2, 0.25) is 0 Å². The minimum atomic E-state index is -0.0566. The average Bonchev–Trinajstić information content (AvgIpc) is 3.44. The summed E-state index contributed by atoms with van der Waals surface area (Å²) in [5, 5.41) is 15.7. The number of hydrogen-bond acceptors (Lipinski definition) is 5.